The van der Waals surface area contributed by atoms with Gasteiger partial charge in [-0.2, -0.15) is 0 Å². The predicted octanol–water partition coefficient (Wildman–Crippen LogP) is 7.01. The fraction of sp³-hybridized carbons (Fsp3) is 0.167. The molecule has 2 heterocycles. The highest BCUT2D eigenvalue weighted by atomic mass is 32.2. The molecule has 1 amide bonds. The number of rotatable bonds is 10. The van der Waals surface area contributed by atoms with Crippen LogP contribution in [0.15, 0.2) is 83.3 Å². The number of H-pyrrole nitrogens is 1. The van der Waals surface area contributed by atoms with Crippen LogP contribution in [0.2, 0.25) is 0 Å². The van der Waals surface area contributed by atoms with Gasteiger partial charge in [-0.25, -0.2) is 9.97 Å². The summed E-state index contributed by atoms with van der Waals surface area (Å²) in [6.45, 7) is 1.85. The van der Waals surface area contributed by atoms with Gasteiger partial charge >= 0.3 is 0 Å². The van der Waals surface area contributed by atoms with Crippen molar-refractivity contribution >= 4 is 34.1 Å². The van der Waals surface area contributed by atoms with Crippen molar-refractivity contribution in [2.24, 2.45) is 0 Å². The highest BCUT2D eigenvalue weighted by molar-refractivity contribution is 8.00. The Balaban J connectivity index is 1.34. The number of carbonyl (C=O) groups excluding carboxylic acids is 1. The third kappa shape index (κ3) is 6.13. The molecule has 2 N–H and O–H groups in total. The molecule has 5 aromatic rings. The first-order chi connectivity index (χ1) is 19.5. The number of amides is 1. The van der Waals surface area contributed by atoms with Crippen LogP contribution >= 0.6 is 23.1 Å². The number of aromatic nitrogens is 3. The Morgan fingerprint density at radius 1 is 0.800 bits per heavy atom. The third-order valence-electron chi connectivity index (χ3n) is 6.20. The quantitative estimate of drug-likeness (QED) is 0.174. The molecular formula is C30H28N4O4S2. The topological polar surface area (TPSA) is 98.4 Å². The van der Waals surface area contributed by atoms with E-state index in [4.69, 9.17) is 19.2 Å². The van der Waals surface area contributed by atoms with Gasteiger partial charge in [0.25, 0.3) is 0 Å². The van der Waals surface area contributed by atoms with Crippen molar-refractivity contribution < 1.29 is 19.0 Å². The second-order valence-electron chi connectivity index (χ2n) is 8.74. The third-order valence-corrected chi connectivity index (χ3v) is 7.94. The van der Waals surface area contributed by atoms with Gasteiger partial charge in [-0.3, -0.25) is 4.79 Å². The Morgan fingerprint density at radius 2 is 1.32 bits per heavy atom. The van der Waals surface area contributed by atoms with Gasteiger partial charge in [-0.05, 0) is 79.7 Å². The van der Waals surface area contributed by atoms with Crippen molar-refractivity contribution in [1.29, 1.82) is 0 Å². The molecule has 0 aliphatic carbocycles. The number of anilines is 1. The van der Waals surface area contributed by atoms with Gasteiger partial charge in [0, 0.05) is 22.1 Å². The number of carbonyl (C=O) groups is 1. The lowest BCUT2D eigenvalue weighted by molar-refractivity contribution is -0.115. The molecule has 10 heteroatoms. The summed E-state index contributed by atoms with van der Waals surface area (Å²) < 4.78 is 15.9. The van der Waals surface area contributed by atoms with Crippen LogP contribution in [-0.4, -0.2) is 47.4 Å². The molecular weight excluding hydrogens is 544 g/mol. The van der Waals surface area contributed by atoms with Crippen LogP contribution < -0.4 is 19.5 Å². The summed E-state index contributed by atoms with van der Waals surface area (Å²) in [7, 11) is 4.91. The van der Waals surface area contributed by atoms with E-state index in [1.165, 1.54) is 23.1 Å². The lowest BCUT2D eigenvalue weighted by Crippen LogP contribution is -2.22. The number of nitrogens with one attached hydrogen (secondary N) is 2. The molecule has 0 fully saturated rings. The van der Waals surface area contributed by atoms with Crippen LogP contribution in [0.3, 0.4) is 0 Å². The molecule has 0 bridgehead atoms. The second-order valence-corrected chi connectivity index (χ2v) is 10.9. The molecule has 0 spiro atoms. The molecule has 0 aliphatic heterocycles. The zero-order chi connectivity index (χ0) is 28.1. The van der Waals surface area contributed by atoms with Crippen molar-refractivity contribution in [2.45, 2.75) is 17.3 Å². The van der Waals surface area contributed by atoms with Gasteiger partial charge in [-0.15, -0.1) is 11.3 Å². The number of aromatic amines is 1. The largest absolute Gasteiger partial charge is 0.497 e. The second kappa shape index (κ2) is 12.3. The summed E-state index contributed by atoms with van der Waals surface area (Å²) in [4.78, 5) is 25.9. The maximum Gasteiger partial charge on any atom is 0.239 e. The summed E-state index contributed by atoms with van der Waals surface area (Å²) in [6.07, 6.45) is 0. The number of thioether (sulfide) groups is 1. The van der Waals surface area contributed by atoms with Crippen LogP contribution in [0.1, 0.15) is 6.92 Å². The van der Waals surface area contributed by atoms with Gasteiger partial charge in [0.1, 0.15) is 17.2 Å². The van der Waals surface area contributed by atoms with E-state index >= 15 is 0 Å². The summed E-state index contributed by atoms with van der Waals surface area (Å²) in [5.41, 5.74) is 5.27. The fourth-order valence-corrected chi connectivity index (χ4v) is 5.51. The number of imidazole rings is 1. The van der Waals surface area contributed by atoms with Gasteiger partial charge < -0.3 is 24.5 Å². The van der Waals surface area contributed by atoms with Crippen LogP contribution in [0.5, 0.6) is 17.2 Å². The number of benzene rings is 3. The highest BCUT2D eigenvalue weighted by Gasteiger charge is 2.21. The summed E-state index contributed by atoms with van der Waals surface area (Å²) in [5.74, 6) is 2.16. The molecule has 2 aromatic heterocycles. The van der Waals surface area contributed by atoms with E-state index in [2.05, 4.69) is 15.3 Å². The average Bonchev–Trinajstić information content (AvgIpc) is 3.64. The zero-order valence-electron chi connectivity index (χ0n) is 22.4. The van der Waals surface area contributed by atoms with Crippen molar-refractivity contribution in [3.8, 4) is 51.0 Å². The Kier molecular flexibility index (Phi) is 8.37. The number of hydrogen-bond donors (Lipinski definition) is 2. The van der Waals surface area contributed by atoms with Crippen molar-refractivity contribution in [1.82, 2.24) is 15.0 Å². The number of nitrogens with zero attached hydrogens (tertiary/aromatic N) is 2. The molecule has 40 heavy (non-hydrogen) atoms. The number of hydrogen-bond acceptors (Lipinski definition) is 8. The minimum atomic E-state index is -0.424. The zero-order valence-corrected chi connectivity index (χ0v) is 24.1. The smallest absolute Gasteiger partial charge is 0.239 e. The van der Waals surface area contributed by atoms with Crippen LogP contribution in [0.4, 0.5) is 5.13 Å². The lowest BCUT2D eigenvalue weighted by atomic mass is 10.0. The summed E-state index contributed by atoms with van der Waals surface area (Å²) >= 11 is 2.74. The average molecular weight is 573 g/mol. The van der Waals surface area contributed by atoms with E-state index in [9.17, 15) is 4.79 Å². The molecule has 0 aliphatic rings. The van der Waals surface area contributed by atoms with Crippen LogP contribution in [-0.2, 0) is 4.79 Å². The summed E-state index contributed by atoms with van der Waals surface area (Å²) in [6, 6.07) is 23.2. The monoisotopic (exact) mass is 572 g/mol. The molecule has 0 saturated carbocycles. The number of thiazole rings is 1. The Bertz CT molecular complexity index is 1510. The molecule has 8 nitrogen and oxygen atoms in total. The van der Waals surface area contributed by atoms with Gasteiger partial charge in [0.05, 0.1) is 43.7 Å². The lowest BCUT2D eigenvalue weighted by Gasteiger charge is -2.08. The van der Waals surface area contributed by atoms with E-state index in [1.807, 2.05) is 85.1 Å². The Labute approximate surface area is 240 Å². The van der Waals surface area contributed by atoms with E-state index in [-0.39, 0.29) is 5.91 Å². The minimum Gasteiger partial charge on any atom is -0.497 e. The van der Waals surface area contributed by atoms with Gasteiger partial charge in [0.15, 0.2) is 10.3 Å². The first-order valence-corrected chi connectivity index (χ1v) is 14.2. The van der Waals surface area contributed by atoms with Gasteiger partial charge in [0.2, 0.25) is 5.91 Å². The molecule has 0 radical (unpaired) electrons. The molecule has 1 unspecified atom stereocenters. The van der Waals surface area contributed by atoms with E-state index in [0.717, 1.165) is 51.0 Å². The predicted molar refractivity (Wildman–Crippen MR) is 161 cm³/mol. The maximum atomic E-state index is 13.1. The normalized spacial score (nSPS) is 11.6. The molecule has 3 aromatic carbocycles. The highest BCUT2D eigenvalue weighted by Crippen LogP contribution is 2.35. The summed E-state index contributed by atoms with van der Waals surface area (Å²) in [5, 5.41) is 5.61. The minimum absolute atomic E-state index is 0.158. The first kappa shape index (κ1) is 27.3. The van der Waals surface area contributed by atoms with Crippen molar-refractivity contribution in [2.75, 3.05) is 26.6 Å². The Morgan fingerprint density at radius 3 is 1.88 bits per heavy atom. The molecule has 1 atom stereocenters. The van der Waals surface area contributed by atoms with Crippen molar-refractivity contribution in [3.05, 3.63) is 78.2 Å². The molecule has 204 valence electrons. The molecule has 0 saturated heterocycles. The number of methoxy groups -OCH3 is 3. The maximum absolute atomic E-state index is 13.1. The van der Waals surface area contributed by atoms with Crippen LogP contribution in [0, 0.1) is 0 Å². The van der Waals surface area contributed by atoms with Crippen molar-refractivity contribution in [3.63, 3.8) is 0 Å². The standard InChI is InChI=1S/C30H28N4O4S2/c1-18(28(35)34-29-31-25(17-39-29)19-5-11-22(36-2)12-6-19)40-30-32-26(20-7-13-23(37-3)14-8-20)27(33-30)21-9-15-24(38-4)16-10-21/h5-18H,1-4H3,(H,32,33)(H,31,34,35). The Hall–Kier alpha value is -4.28. The number of ether oxygens (including phenoxy) is 3. The molecule has 5 rings (SSSR count). The van der Waals surface area contributed by atoms with E-state index in [1.54, 1.807) is 21.3 Å². The van der Waals surface area contributed by atoms with E-state index in [0.29, 0.717) is 10.3 Å². The first-order valence-electron chi connectivity index (χ1n) is 12.4. The SMILES string of the molecule is COc1ccc(-c2csc(NC(=O)C(C)Sc3nc(-c4ccc(OC)cc4)c(-c4ccc(OC)cc4)[nH]3)n2)cc1. The van der Waals surface area contributed by atoms with E-state index < -0.39 is 5.25 Å². The fourth-order valence-electron chi connectivity index (χ4n) is 3.99. The van der Waals surface area contributed by atoms with Crippen LogP contribution in [0.25, 0.3) is 33.8 Å². The van der Waals surface area contributed by atoms with Gasteiger partial charge in [-0.1, -0.05) is 11.8 Å².